The Bertz CT molecular complexity index is 614. The lowest BCUT2D eigenvalue weighted by molar-refractivity contribution is 0.0635. The van der Waals surface area contributed by atoms with Crippen molar-refractivity contribution in [1.82, 2.24) is 0 Å². The van der Waals surface area contributed by atoms with Crippen LogP contribution in [0, 0.1) is 0 Å². The van der Waals surface area contributed by atoms with Crippen molar-refractivity contribution in [2.45, 2.75) is 26.4 Å². The van der Waals surface area contributed by atoms with Gasteiger partial charge in [-0.2, -0.15) is 0 Å². The van der Waals surface area contributed by atoms with Crippen LogP contribution in [0.2, 0.25) is 0 Å². The van der Waals surface area contributed by atoms with Crippen molar-refractivity contribution >= 4 is 22.6 Å². The quantitative estimate of drug-likeness (QED) is 0.764. The molecule has 0 heterocycles. The van der Waals surface area contributed by atoms with Gasteiger partial charge in [-0.05, 0) is 32.2 Å². The Morgan fingerprint density at radius 3 is 2.53 bits per heavy atom. The third-order valence-electron chi connectivity index (χ3n) is 2.54. The first-order chi connectivity index (χ1) is 8.87. The van der Waals surface area contributed by atoms with Gasteiger partial charge in [0.15, 0.2) is 0 Å². The predicted octanol–water partition coefficient (Wildman–Crippen LogP) is 3.89. The molecule has 4 heteroatoms. The molecule has 0 radical (unpaired) electrons. The van der Waals surface area contributed by atoms with Gasteiger partial charge in [0.05, 0.1) is 5.69 Å². The van der Waals surface area contributed by atoms with Gasteiger partial charge in [-0.25, -0.2) is 4.79 Å². The molecule has 2 aromatic rings. The first kappa shape index (κ1) is 13.2. The molecule has 4 nitrogen and oxygen atoms in total. The summed E-state index contributed by atoms with van der Waals surface area (Å²) in [7, 11) is 0. The minimum absolute atomic E-state index is 0.0453. The average molecular weight is 259 g/mol. The van der Waals surface area contributed by atoms with Crippen molar-refractivity contribution in [2.24, 2.45) is 0 Å². The largest absolute Gasteiger partial charge is 0.505 e. The lowest BCUT2D eigenvalue weighted by atomic mass is 10.1. The Labute approximate surface area is 112 Å². The van der Waals surface area contributed by atoms with Crippen molar-refractivity contribution in [3.05, 3.63) is 36.4 Å². The molecule has 1 amide bonds. The Morgan fingerprint density at radius 2 is 1.84 bits per heavy atom. The van der Waals surface area contributed by atoms with Gasteiger partial charge < -0.3 is 9.84 Å². The van der Waals surface area contributed by atoms with E-state index in [1.165, 1.54) is 0 Å². The average Bonchev–Trinajstić information content (AvgIpc) is 2.31. The highest BCUT2D eigenvalue weighted by molar-refractivity contribution is 5.97. The fourth-order valence-electron chi connectivity index (χ4n) is 1.77. The van der Waals surface area contributed by atoms with Gasteiger partial charge in [0, 0.05) is 5.39 Å². The molecule has 0 spiro atoms. The second-order valence-corrected chi connectivity index (χ2v) is 5.31. The number of fused-ring (bicyclic) bond motifs is 1. The van der Waals surface area contributed by atoms with Crippen LogP contribution in [0.25, 0.3) is 10.8 Å². The first-order valence-corrected chi connectivity index (χ1v) is 6.07. The molecule has 0 fully saturated rings. The van der Waals surface area contributed by atoms with E-state index < -0.39 is 11.7 Å². The van der Waals surface area contributed by atoms with Crippen LogP contribution >= 0.6 is 0 Å². The highest BCUT2D eigenvalue weighted by atomic mass is 16.6. The maximum atomic E-state index is 11.7. The zero-order valence-electron chi connectivity index (χ0n) is 11.2. The van der Waals surface area contributed by atoms with E-state index in [9.17, 15) is 9.90 Å². The number of hydrogen-bond donors (Lipinski definition) is 2. The molecule has 100 valence electrons. The zero-order chi connectivity index (χ0) is 14.0. The number of phenolic OH excluding ortho intramolecular Hbond substituents is 1. The van der Waals surface area contributed by atoms with E-state index >= 15 is 0 Å². The smallest absolute Gasteiger partial charge is 0.412 e. The minimum Gasteiger partial charge on any atom is -0.505 e. The standard InChI is InChI=1S/C15H17NO3/c1-15(2,3)19-14(18)16-12-9-8-10-6-4-5-7-11(10)13(12)17/h4-9,17H,1-3H3,(H,16,18). The van der Waals surface area contributed by atoms with Crippen LogP contribution in [0.15, 0.2) is 36.4 Å². The van der Waals surface area contributed by atoms with Gasteiger partial charge in [-0.3, -0.25) is 5.32 Å². The van der Waals surface area contributed by atoms with Gasteiger partial charge in [0.25, 0.3) is 0 Å². The zero-order valence-corrected chi connectivity index (χ0v) is 11.2. The summed E-state index contributed by atoms with van der Waals surface area (Å²) in [6.45, 7) is 5.35. The number of carbonyl (C=O) groups is 1. The molecule has 0 aliphatic carbocycles. The first-order valence-electron chi connectivity index (χ1n) is 6.07. The third kappa shape index (κ3) is 3.16. The molecule has 19 heavy (non-hydrogen) atoms. The number of rotatable bonds is 1. The lowest BCUT2D eigenvalue weighted by Gasteiger charge is -2.20. The molecule has 0 atom stereocenters. The molecule has 2 N–H and O–H groups in total. The van der Waals surface area contributed by atoms with Crippen LogP contribution in [0.3, 0.4) is 0 Å². The Hall–Kier alpha value is -2.23. The number of ether oxygens (including phenoxy) is 1. The normalized spacial score (nSPS) is 11.3. The van der Waals surface area contributed by atoms with E-state index in [1.807, 2.05) is 24.3 Å². The molecule has 0 unspecified atom stereocenters. The SMILES string of the molecule is CC(C)(C)OC(=O)Nc1ccc2ccccc2c1O. The van der Waals surface area contributed by atoms with E-state index in [0.29, 0.717) is 11.1 Å². The maximum Gasteiger partial charge on any atom is 0.412 e. The van der Waals surface area contributed by atoms with Crippen LogP contribution in [-0.2, 0) is 4.74 Å². The number of nitrogens with one attached hydrogen (secondary N) is 1. The summed E-state index contributed by atoms with van der Waals surface area (Å²) in [5.74, 6) is 0.0453. The third-order valence-corrected chi connectivity index (χ3v) is 2.54. The van der Waals surface area contributed by atoms with E-state index in [-0.39, 0.29) is 5.75 Å². The molecule has 0 saturated carbocycles. The topological polar surface area (TPSA) is 58.6 Å². The second kappa shape index (κ2) is 4.80. The van der Waals surface area contributed by atoms with Crippen LogP contribution in [0.1, 0.15) is 20.8 Å². The molecule has 0 bridgehead atoms. The summed E-state index contributed by atoms with van der Waals surface area (Å²) in [6.07, 6.45) is -0.585. The predicted molar refractivity (Wildman–Crippen MR) is 75.5 cm³/mol. The number of anilines is 1. The summed E-state index contributed by atoms with van der Waals surface area (Å²) < 4.78 is 5.15. The second-order valence-electron chi connectivity index (χ2n) is 5.31. The van der Waals surface area contributed by atoms with Gasteiger partial charge in [-0.1, -0.05) is 30.3 Å². The molecular weight excluding hydrogens is 242 g/mol. The summed E-state index contributed by atoms with van der Waals surface area (Å²) in [5, 5.41) is 14.3. The number of benzene rings is 2. The number of aromatic hydroxyl groups is 1. The van der Waals surface area contributed by atoms with Crippen LogP contribution in [0.4, 0.5) is 10.5 Å². The Balaban J connectivity index is 2.26. The van der Waals surface area contributed by atoms with Crippen molar-refractivity contribution in [3.8, 4) is 5.75 Å². The lowest BCUT2D eigenvalue weighted by Crippen LogP contribution is -2.27. The number of amides is 1. The van der Waals surface area contributed by atoms with E-state index in [4.69, 9.17) is 4.74 Å². The van der Waals surface area contributed by atoms with Crippen molar-refractivity contribution in [3.63, 3.8) is 0 Å². The van der Waals surface area contributed by atoms with Gasteiger partial charge in [-0.15, -0.1) is 0 Å². The molecule has 0 saturated heterocycles. The van der Waals surface area contributed by atoms with Crippen molar-refractivity contribution in [1.29, 1.82) is 0 Å². The van der Waals surface area contributed by atoms with Crippen LogP contribution in [-0.4, -0.2) is 16.8 Å². The monoisotopic (exact) mass is 259 g/mol. The van der Waals surface area contributed by atoms with Crippen LogP contribution in [0.5, 0.6) is 5.75 Å². The van der Waals surface area contributed by atoms with Crippen molar-refractivity contribution in [2.75, 3.05) is 5.32 Å². The van der Waals surface area contributed by atoms with E-state index in [0.717, 1.165) is 5.39 Å². The molecular formula is C15H17NO3. The molecule has 0 aliphatic heterocycles. The number of hydrogen-bond acceptors (Lipinski definition) is 3. The number of phenols is 1. The molecule has 0 aliphatic rings. The van der Waals surface area contributed by atoms with Gasteiger partial charge in [0.1, 0.15) is 11.4 Å². The summed E-state index contributed by atoms with van der Waals surface area (Å²) in [4.78, 5) is 11.7. The fraction of sp³-hybridized carbons (Fsp3) is 0.267. The highest BCUT2D eigenvalue weighted by Crippen LogP contribution is 2.32. The van der Waals surface area contributed by atoms with Gasteiger partial charge >= 0.3 is 6.09 Å². The minimum atomic E-state index is -0.585. The van der Waals surface area contributed by atoms with Gasteiger partial charge in [0.2, 0.25) is 0 Å². The summed E-state index contributed by atoms with van der Waals surface area (Å²) in [5.41, 5.74) is -0.232. The van der Waals surface area contributed by atoms with Crippen molar-refractivity contribution < 1.29 is 14.6 Å². The molecule has 2 rings (SSSR count). The Morgan fingerprint density at radius 1 is 1.16 bits per heavy atom. The Kier molecular flexibility index (Phi) is 3.34. The maximum absolute atomic E-state index is 11.7. The summed E-state index contributed by atoms with van der Waals surface area (Å²) in [6, 6.07) is 10.9. The fourth-order valence-corrected chi connectivity index (χ4v) is 1.77. The highest BCUT2D eigenvalue weighted by Gasteiger charge is 2.17. The molecule has 2 aromatic carbocycles. The van der Waals surface area contributed by atoms with Crippen LogP contribution < -0.4 is 5.32 Å². The number of carbonyl (C=O) groups excluding carboxylic acids is 1. The van der Waals surface area contributed by atoms with E-state index in [1.54, 1.807) is 32.9 Å². The summed E-state index contributed by atoms with van der Waals surface area (Å²) >= 11 is 0. The van der Waals surface area contributed by atoms with E-state index in [2.05, 4.69) is 5.32 Å². The molecule has 0 aromatic heterocycles.